The lowest BCUT2D eigenvalue weighted by atomic mass is 9.99. The summed E-state index contributed by atoms with van der Waals surface area (Å²) >= 11 is 12.3. The number of furan rings is 1. The van der Waals surface area contributed by atoms with Gasteiger partial charge in [-0.1, -0.05) is 23.2 Å². The van der Waals surface area contributed by atoms with Gasteiger partial charge in [-0.15, -0.1) is 0 Å². The van der Waals surface area contributed by atoms with Gasteiger partial charge in [0, 0.05) is 15.6 Å². The first-order valence-electron chi connectivity index (χ1n) is 5.72. The third kappa shape index (κ3) is 2.56. The van der Waals surface area contributed by atoms with Crippen molar-refractivity contribution < 1.29 is 4.42 Å². The predicted octanol–water partition coefficient (Wildman–Crippen LogP) is 4.51. The monoisotopic (exact) mass is 283 g/mol. The maximum absolute atomic E-state index is 6.25. The molecule has 1 heterocycles. The van der Waals surface area contributed by atoms with Gasteiger partial charge in [0.15, 0.2) is 0 Å². The Balaban J connectivity index is 2.51. The topological polar surface area (TPSA) is 25.2 Å². The number of aryl methyl sites for hydroxylation is 2. The summed E-state index contributed by atoms with van der Waals surface area (Å²) in [4.78, 5) is 0. The first-order valence-corrected chi connectivity index (χ1v) is 6.47. The molecule has 0 aliphatic carbocycles. The van der Waals surface area contributed by atoms with Gasteiger partial charge in [0.25, 0.3) is 0 Å². The van der Waals surface area contributed by atoms with Crippen molar-refractivity contribution in [3.8, 4) is 0 Å². The van der Waals surface area contributed by atoms with Gasteiger partial charge in [-0.3, -0.25) is 0 Å². The molecule has 0 radical (unpaired) electrons. The van der Waals surface area contributed by atoms with E-state index in [-0.39, 0.29) is 6.04 Å². The largest absolute Gasteiger partial charge is 0.466 e. The summed E-state index contributed by atoms with van der Waals surface area (Å²) in [6, 6.07) is 7.48. The lowest BCUT2D eigenvalue weighted by molar-refractivity contribution is 0.497. The van der Waals surface area contributed by atoms with Crippen LogP contribution in [-0.2, 0) is 0 Å². The van der Waals surface area contributed by atoms with Gasteiger partial charge in [-0.25, -0.2) is 0 Å². The van der Waals surface area contributed by atoms with Gasteiger partial charge in [0.2, 0.25) is 0 Å². The van der Waals surface area contributed by atoms with Gasteiger partial charge >= 0.3 is 0 Å². The van der Waals surface area contributed by atoms with Crippen LogP contribution in [0.2, 0.25) is 10.0 Å². The number of rotatable bonds is 3. The molecule has 4 heteroatoms. The van der Waals surface area contributed by atoms with Gasteiger partial charge in [0.1, 0.15) is 11.5 Å². The molecule has 1 atom stereocenters. The number of halogens is 2. The van der Waals surface area contributed by atoms with Gasteiger partial charge in [0.05, 0.1) is 6.04 Å². The van der Waals surface area contributed by atoms with E-state index in [1.165, 1.54) is 0 Å². The van der Waals surface area contributed by atoms with Gasteiger partial charge in [-0.05, 0) is 50.7 Å². The first kappa shape index (κ1) is 13.5. The van der Waals surface area contributed by atoms with E-state index in [1.807, 2.05) is 39.1 Å². The van der Waals surface area contributed by atoms with Crippen LogP contribution in [0.5, 0.6) is 0 Å². The number of hydrogen-bond acceptors (Lipinski definition) is 2. The highest BCUT2D eigenvalue weighted by molar-refractivity contribution is 6.33. The summed E-state index contributed by atoms with van der Waals surface area (Å²) < 4.78 is 5.57. The highest BCUT2D eigenvalue weighted by atomic mass is 35.5. The molecule has 96 valence electrons. The smallest absolute Gasteiger partial charge is 0.106 e. The molecule has 0 spiro atoms. The van der Waals surface area contributed by atoms with Crippen molar-refractivity contribution in [1.82, 2.24) is 5.32 Å². The fourth-order valence-electron chi connectivity index (χ4n) is 2.15. The minimum absolute atomic E-state index is 0.0198. The van der Waals surface area contributed by atoms with E-state index in [9.17, 15) is 0 Å². The van der Waals surface area contributed by atoms with Gasteiger partial charge in [-0.2, -0.15) is 0 Å². The third-order valence-corrected chi connectivity index (χ3v) is 3.53. The highest BCUT2D eigenvalue weighted by Gasteiger charge is 2.20. The molecule has 0 amide bonds. The standard InChI is InChI=1S/C14H15Cl2NO/c1-8-6-11(9(2)18-8)14(17-3)12-7-10(15)4-5-13(12)16/h4-7,14,17H,1-3H3. The van der Waals surface area contributed by atoms with Crippen LogP contribution in [0.25, 0.3) is 0 Å². The molecule has 2 aromatic rings. The molecule has 0 aliphatic rings. The van der Waals surface area contributed by atoms with Crippen LogP contribution in [-0.4, -0.2) is 7.05 Å². The zero-order valence-electron chi connectivity index (χ0n) is 10.6. The van der Waals surface area contributed by atoms with E-state index in [4.69, 9.17) is 27.6 Å². The number of nitrogens with one attached hydrogen (secondary N) is 1. The molecule has 1 aromatic carbocycles. The second-order valence-corrected chi connectivity index (χ2v) is 5.10. The molecule has 1 unspecified atom stereocenters. The minimum Gasteiger partial charge on any atom is -0.466 e. The van der Waals surface area contributed by atoms with Crippen LogP contribution < -0.4 is 5.32 Å². The average Bonchev–Trinajstić information content (AvgIpc) is 2.64. The number of benzene rings is 1. The first-order chi connectivity index (χ1) is 8.52. The van der Waals surface area contributed by atoms with Crippen LogP contribution in [0.1, 0.15) is 28.7 Å². The Morgan fingerprint density at radius 3 is 2.39 bits per heavy atom. The average molecular weight is 284 g/mol. The quantitative estimate of drug-likeness (QED) is 0.897. The second kappa shape index (κ2) is 5.35. The maximum Gasteiger partial charge on any atom is 0.106 e. The zero-order chi connectivity index (χ0) is 13.3. The molecule has 0 aliphatic heterocycles. The molecule has 0 saturated carbocycles. The fourth-order valence-corrected chi connectivity index (χ4v) is 2.56. The Labute approximate surface area is 117 Å². The summed E-state index contributed by atoms with van der Waals surface area (Å²) in [6.07, 6.45) is 0. The van der Waals surface area contributed by atoms with E-state index in [2.05, 4.69) is 5.32 Å². The molecular weight excluding hydrogens is 269 g/mol. The summed E-state index contributed by atoms with van der Waals surface area (Å²) in [5.74, 6) is 1.78. The summed E-state index contributed by atoms with van der Waals surface area (Å²) in [5.41, 5.74) is 2.04. The Morgan fingerprint density at radius 1 is 1.11 bits per heavy atom. The molecule has 0 saturated heterocycles. The van der Waals surface area contributed by atoms with Crippen LogP contribution >= 0.6 is 23.2 Å². The fraction of sp³-hybridized carbons (Fsp3) is 0.286. The lowest BCUT2D eigenvalue weighted by Crippen LogP contribution is -2.18. The van der Waals surface area contributed by atoms with Crippen LogP contribution in [0.4, 0.5) is 0 Å². The van der Waals surface area contributed by atoms with Crippen molar-refractivity contribution in [2.75, 3.05) is 7.05 Å². The summed E-state index contributed by atoms with van der Waals surface area (Å²) in [7, 11) is 1.89. The molecule has 0 bridgehead atoms. The molecule has 0 fully saturated rings. The Kier molecular flexibility index (Phi) is 4.00. The van der Waals surface area contributed by atoms with E-state index in [0.29, 0.717) is 10.0 Å². The SMILES string of the molecule is CNC(c1cc(Cl)ccc1Cl)c1cc(C)oc1C. The summed E-state index contributed by atoms with van der Waals surface area (Å²) in [6.45, 7) is 3.88. The van der Waals surface area contributed by atoms with Crippen LogP contribution in [0.3, 0.4) is 0 Å². The van der Waals surface area contributed by atoms with Crippen molar-refractivity contribution >= 4 is 23.2 Å². The zero-order valence-corrected chi connectivity index (χ0v) is 12.1. The van der Waals surface area contributed by atoms with Crippen molar-refractivity contribution in [1.29, 1.82) is 0 Å². The Hall–Kier alpha value is -0.960. The Morgan fingerprint density at radius 2 is 1.83 bits per heavy atom. The third-order valence-electron chi connectivity index (χ3n) is 2.95. The van der Waals surface area contributed by atoms with Crippen molar-refractivity contribution in [3.05, 3.63) is 57.0 Å². The van der Waals surface area contributed by atoms with E-state index in [0.717, 1.165) is 22.6 Å². The Bertz CT molecular complexity index is 563. The summed E-state index contributed by atoms with van der Waals surface area (Å²) in [5, 5.41) is 4.62. The van der Waals surface area contributed by atoms with E-state index < -0.39 is 0 Å². The molecule has 2 nitrogen and oxygen atoms in total. The molecule has 2 rings (SSSR count). The number of hydrogen-bond donors (Lipinski definition) is 1. The molecular formula is C14H15Cl2NO. The molecule has 1 aromatic heterocycles. The normalized spacial score (nSPS) is 12.7. The van der Waals surface area contributed by atoms with Crippen molar-refractivity contribution in [2.45, 2.75) is 19.9 Å². The lowest BCUT2D eigenvalue weighted by Gasteiger charge is -2.17. The van der Waals surface area contributed by atoms with E-state index >= 15 is 0 Å². The highest BCUT2D eigenvalue weighted by Crippen LogP contribution is 2.33. The van der Waals surface area contributed by atoms with Crippen molar-refractivity contribution in [3.63, 3.8) is 0 Å². The maximum atomic E-state index is 6.25. The molecule has 18 heavy (non-hydrogen) atoms. The minimum atomic E-state index is -0.0198. The van der Waals surface area contributed by atoms with Crippen LogP contribution in [0, 0.1) is 13.8 Å². The predicted molar refractivity (Wildman–Crippen MR) is 75.5 cm³/mol. The van der Waals surface area contributed by atoms with Crippen molar-refractivity contribution in [2.24, 2.45) is 0 Å². The second-order valence-electron chi connectivity index (χ2n) is 4.26. The molecule has 1 N–H and O–H groups in total. The van der Waals surface area contributed by atoms with E-state index in [1.54, 1.807) is 6.07 Å². The van der Waals surface area contributed by atoms with Crippen LogP contribution in [0.15, 0.2) is 28.7 Å². The van der Waals surface area contributed by atoms with Gasteiger partial charge < -0.3 is 9.73 Å².